The maximum Gasteiger partial charge on any atom is 0.417 e. The molecule has 0 aromatic heterocycles. The van der Waals surface area contributed by atoms with Crippen LogP contribution in [0.2, 0.25) is 0 Å². The molecule has 5 heteroatoms. The molecule has 0 aromatic rings. The molecule has 0 spiro atoms. The van der Waals surface area contributed by atoms with Crippen molar-refractivity contribution in [2.45, 2.75) is 38.7 Å². The van der Waals surface area contributed by atoms with Gasteiger partial charge in [-0.05, 0) is 19.3 Å². The molecule has 0 amide bonds. The lowest BCUT2D eigenvalue weighted by molar-refractivity contribution is 0.155. The van der Waals surface area contributed by atoms with Crippen molar-refractivity contribution in [3.05, 3.63) is 0 Å². The number of carbonyl (C=O) groups excluding carboxylic acids is 1. The molecule has 0 aliphatic carbocycles. The molecule has 0 aliphatic rings. The Morgan fingerprint density at radius 1 is 1.64 bits per heavy atom. The first-order chi connectivity index (χ1) is 6.70. The number of hydrogen-bond acceptors (Lipinski definition) is 3. The Hall–Kier alpha value is -1.26. The summed E-state index contributed by atoms with van der Waals surface area (Å²) in [4.78, 5) is 10.0. The predicted octanol–water partition coefficient (Wildman–Crippen LogP) is 0.502. The lowest BCUT2D eigenvalue weighted by Crippen LogP contribution is -2.31. The third kappa shape index (κ3) is 7.39. The summed E-state index contributed by atoms with van der Waals surface area (Å²) in [5.74, 6) is -0.0279. The fourth-order valence-electron chi connectivity index (χ4n) is 1.20. The van der Waals surface area contributed by atoms with Gasteiger partial charge < -0.3 is 15.8 Å². The van der Waals surface area contributed by atoms with Gasteiger partial charge in [0.15, 0.2) is 5.96 Å². The molecular formula is C9H18N3O2. The van der Waals surface area contributed by atoms with Crippen LogP contribution in [0.25, 0.3) is 0 Å². The summed E-state index contributed by atoms with van der Waals surface area (Å²) in [6, 6.07) is 0. The molecule has 81 valence electrons. The van der Waals surface area contributed by atoms with Gasteiger partial charge in [-0.2, -0.15) is 0 Å². The van der Waals surface area contributed by atoms with Gasteiger partial charge in [0.1, 0.15) is 6.10 Å². The van der Waals surface area contributed by atoms with E-state index in [0.29, 0.717) is 6.54 Å². The maximum atomic E-state index is 10.0. The minimum absolute atomic E-state index is 0.0279. The van der Waals surface area contributed by atoms with Crippen LogP contribution in [-0.4, -0.2) is 25.1 Å². The molecule has 0 saturated carbocycles. The Morgan fingerprint density at radius 3 is 2.86 bits per heavy atom. The van der Waals surface area contributed by atoms with Crippen molar-refractivity contribution in [2.75, 3.05) is 6.54 Å². The van der Waals surface area contributed by atoms with E-state index in [0.717, 1.165) is 25.7 Å². The number of rotatable bonds is 8. The van der Waals surface area contributed by atoms with E-state index >= 15 is 0 Å². The Bertz CT molecular complexity index is 173. The summed E-state index contributed by atoms with van der Waals surface area (Å²) in [6.45, 7) is 4.14. The molecular weight excluding hydrogens is 182 g/mol. The highest BCUT2D eigenvalue weighted by atomic mass is 16.5. The predicted molar refractivity (Wildman–Crippen MR) is 54.6 cm³/mol. The summed E-state index contributed by atoms with van der Waals surface area (Å²) in [7, 11) is 0. The van der Waals surface area contributed by atoms with Crippen LogP contribution in [0, 0.1) is 5.41 Å². The third-order valence-corrected chi connectivity index (χ3v) is 1.84. The first-order valence-corrected chi connectivity index (χ1v) is 4.81. The zero-order chi connectivity index (χ0) is 10.8. The van der Waals surface area contributed by atoms with Crippen LogP contribution in [0.3, 0.4) is 0 Å². The molecule has 1 unspecified atom stereocenters. The molecule has 14 heavy (non-hydrogen) atoms. The van der Waals surface area contributed by atoms with Crippen LogP contribution in [0.1, 0.15) is 32.6 Å². The number of nitrogens with two attached hydrogens (primary N) is 1. The summed E-state index contributed by atoms with van der Waals surface area (Å²) >= 11 is 0. The highest BCUT2D eigenvalue weighted by Gasteiger charge is 2.07. The molecule has 1 atom stereocenters. The van der Waals surface area contributed by atoms with Gasteiger partial charge in [0.2, 0.25) is 0 Å². The third-order valence-electron chi connectivity index (χ3n) is 1.84. The highest BCUT2D eigenvalue weighted by Crippen LogP contribution is 2.07. The quantitative estimate of drug-likeness (QED) is 0.302. The summed E-state index contributed by atoms with van der Waals surface area (Å²) in [5.41, 5.74) is 5.11. The Balaban J connectivity index is 3.49. The molecule has 0 aliphatic heterocycles. The minimum Gasteiger partial charge on any atom is -0.454 e. The van der Waals surface area contributed by atoms with E-state index in [1.165, 1.54) is 6.47 Å². The average Bonchev–Trinajstić information content (AvgIpc) is 2.12. The van der Waals surface area contributed by atoms with Crippen molar-refractivity contribution >= 4 is 12.4 Å². The van der Waals surface area contributed by atoms with Gasteiger partial charge in [-0.25, -0.2) is 4.79 Å². The van der Waals surface area contributed by atoms with Gasteiger partial charge in [-0.15, -0.1) is 0 Å². The van der Waals surface area contributed by atoms with Crippen molar-refractivity contribution in [2.24, 2.45) is 5.73 Å². The molecule has 0 fully saturated rings. The second kappa shape index (κ2) is 8.34. The van der Waals surface area contributed by atoms with Crippen molar-refractivity contribution in [1.29, 1.82) is 5.41 Å². The first-order valence-electron chi connectivity index (χ1n) is 4.81. The van der Waals surface area contributed by atoms with Gasteiger partial charge in [0.25, 0.3) is 0 Å². The molecule has 0 heterocycles. The molecule has 4 N–H and O–H groups in total. The lowest BCUT2D eigenvalue weighted by atomic mass is 10.1. The van der Waals surface area contributed by atoms with E-state index < -0.39 is 0 Å². The normalized spacial score (nSPS) is 11.8. The monoisotopic (exact) mass is 200 g/mol. The fraction of sp³-hybridized carbons (Fsp3) is 0.778. The van der Waals surface area contributed by atoms with Gasteiger partial charge in [-0.1, -0.05) is 13.3 Å². The van der Waals surface area contributed by atoms with Crippen molar-refractivity contribution in [3.63, 3.8) is 0 Å². The Labute approximate surface area is 84.5 Å². The summed E-state index contributed by atoms with van der Waals surface area (Å²) in [5, 5.41) is 9.61. The largest absolute Gasteiger partial charge is 0.454 e. The Kier molecular flexibility index (Phi) is 7.59. The van der Waals surface area contributed by atoms with E-state index in [4.69, 9.17) is 15.9 Å². The van der Waals surface area contributed by atoms with Crippen LogP contribution in [0.4, 0.5) is 0 Å². The van der Waals surface area contributed by atoms with Crippen LogP contribution in [0.15, 0.2) is 0 Å². The van der Waals surface area contributed by atoms with E-state index in [2.05, 4.69) is 5.32 Å². The van der Waals surface area contributed by atoms with E-state index in [1.54, 1.807) is 0 Å². The first kappa shape index (κ1) is 12.7. The molecule has 5 nitrogen and oxygen atoms in total. The smallest absolute Gasteiger partial charge is 0.417 e. The molecule has 0 bridgehead atoms. The molecule has 0 rings (SSSR count). The number of nitrogens with one attached hydrogen (secondary N) is 2. The second-order valence-electron chi connectivity index (χ2n) is 3.09. The standard InChI is InChI=1S/C9H18N3O2/c1-2-4-8(14-7-13)5-3-6-12-9(10)11/h8H,2-6H2,1H3,(H4,10,11,12). The van der Waals surface area contributed by atoms with Gasteiger partial charge in [0, 0.05) is 6.54 Å². The number of ether oxygens (including phenoxy) is 1. The molecule has 1 radical (unpaired) electrons. The van der Waals surface area contributed by atoms with Gasteiger partial charge >= 0.3 is 6.47 Å². The topological polar surface area (TPSA) is 88.2 Å². The van der Waals surface area contributed by atoms with Crippen molar-refractivity contribution in [1.82, 2.24) is 5.32 Å². The summed E-state index contributed by atoms with van der Waals surface area (Å²) in [6.07, 6.45) is 3.39. The zero-order valence-corrected chi connectivity index (χ0v) is 8.51. The van der Waals surface area contributed by atoms with Crippen LogP contribution in [0.5, 0.6) is 0 Å². The number of guanidine groups is 1. The minimum atomic E-state index is -0.0498. The van der Waals surface area contributed by atoms with Crippen molar-refractivity contribution in [3.8, 4) is 0 Å². The van der Waals surface area contributed by atoms with Crippen LogP contribution >= 0.6 is 0 Å². The number of hydrogen-bond donors (Lipinski definition) is 3. The SMILES string of the molecule is CCCC(CCCNC(=N)N)O[C]=O. The zero-order valence-electron chi connectivity index (χ0n) is 8.51. The second-order valence-corrected chi connectivity index (χ2v) is 3.09. The molecule has 0 saturated heterocycles. The van der Waals surface area contributed by atoms with Gasteiger partial charge in [-0.3, -0.25) is 5.41 Å². The van der Waals surface area contributed by atoms with E-state index in [9.17, 15) is 4.79 Å². The average molecular weight is 200 g/mol. The summed E-state index contributed by atoms with van der Waals surface area (Å²) < 4.78 is 4.77. The van der Waals surface area contributed by atoms with E-state index in [1.807, 2.05) is 6.92 Å². The lowest BCUT2D eigenvalue weighted by Gasteiger charge is -2.13. The Morgan fingerprint density at radius 2 is 2.36 bits per heavy atom. The molecule has 0 aromatic carbocycles. The highest BCUT2D eigenvalue weighted by molar-refractivity contribution is 5.74. The van der Waals surface area contributed by atoms with Crippen LogP contribution in [-0.2, 0) is 9.53 Å². The maximum absolute atomic E-state index is 10.0. The van der Waals surface area contributed by atoms with Gasteiger partial charge in [0.05, 0.1) is 0 Å². The van der Waals surface area contributed by atoms with Crippen molar-refractivity contribution < 1.29 is 9.53 Å². The van der Waals surface area contributed by atoms with Crippen LogP contribution < -0.4 is 11.1 Å². The fourth-order valence-corrected chi connectivity index (χ4v) is 1.20. The van der Waals surface area contributed by atoms with E-state index in [-0.39, 0.29) is 12.1 Å².